The Morgan fingerprint density at radius 1 is 0.864 bits per heavy atom. The molecule has 224 valence electrons. The summed E-state index contributed by atoms with van der Waals surface area (Å²) in [6, 6.07) is 21.2. The number of hydrogen-bond donors (Lipinski definition) is 1. The summed E-state index contributed by atoms with van der Waals surface area (Å²) in [6.45, 7) is 3.85. The van der Waals surface area contributed by atoms with Crippen LogP contribution in [0.3, 0.4) is 0 Å². The maximum absolute atomic E-state index is 14.5. The number of fused-ring (bicyclic) bond motifs is 4. The number of para-hydroxylation sites is 1. The maximum atomic E-state index is 14.5. The van der Waals surface area contributed by atoms with Gasteiger partial charge in [-0.2, -0.15) is 0 Å². The molecule has 0 aromatic heterocycles. The lowest BCUT2D eigenvalue weighted by atomic mass is 9.51. The first-order chi connectivity index (χ1) is 21.2. The average molecular weight is 591 g/mol. The monoisotopic (exact) mass is 590 g/mol. The third kappa shape index (κ3) is 3.82. The number of allylic oxidation sites excluding steroid dienone is 2. The number of aryl methyl sites for hydroxylation is 1. The van der Waals surface area contributed by atoms with E-state index in [9.17, 15) is 24.3 Å². The van der Waals surface area contributed by atoms with E-state index in [1.807, 2.05) is 43.3 Å². The van der Waals surface area contributed by atoms with Crippen LogP contribution in [0.1, 0.15) is 43.7 Å². The van der Waals surface area contributed by atoms with Gasteiger partial charge in [0.1, 0.15) is 11.5 Å². The molecule has 3 aromatic carbocycles. The van der Waals surface area contributed by atoms with Gasteiger partial charge < -0.3 is 9.84 Å². The normalized spacial score (nSPS) is 29.3. The number of carbonyl (C=O) groups is 4. The minimum atomic E-state index is -1.24. The Morgan fingerprint density at radius 3 is 2.25 bits per heavy atom. The van der Waals surface area contributed by atoms with E-state index in [-0.39, 0.29) is 35.8 Å². The molecule has 8 nitrogen and oxygen atoms in total. The van der Waals surface area contributed by atoms with Gasteiger partial charge in [0.2, 0.25) is 23.6 Å². The van der Waals surface area contributed by atoms with E-state index in [2.05, 4.69) is 0 Å². The van der Waals surface area contributed by atoms with Crippen molar-refractivity contribution in [1.82, 2.24) is 0 Å². The third-order valence-corrected chi connectivity index (χ3v) is 10.4. The highest BCUT2D eigenvalue weighted by Gasteiger charge is 2.68. The molecule has 7 rings (SSSR count). The topological polar surface area (TPSA) is 104 Å². The summed E-state index contributed by atoms with van der Waals surface area (Å²) in [4.78, 5) is 59.3. The molecule has 8 heteroatoms. The molecule has 3 fully saturated rings. The fourth-order valence-corrected chi connectivity index (χ4v) is 8.21. The molecule has 44 heavy (non-hydrogen) atoms. The molecule has 0 spiro atoms. The zero-order chi connectivity index (χ0) is 30.9. The van der Waals surface area contributed by atoms with Crippen molar-refractivity contribution >= 4 is 35.0 Å². The quantitative estimate of drug-likeness (QED) is 0.315. The molecule has 3 aromatic rings. The highest BCUT2D eigenvalue weighted by Crippen LogP contribution is 2.64. The van der Waals surface area contributed by atoms with Crippen molar-refractivity contribution in [2.75, 3.05) is 16.9 Å². The summed E-state index contributed by atoms with van der Waals surface area (Å²) in [6.07, 6.45) is 3.40. The second-order valence-electron chi connectivity index (χ2n) is 12.5. The summed E-state index contributed by atoms with van der Waals surface area (Å²) < 4.78 is 5.50. The lowest BCUT2D eigenvalue weighted by Crippen LogP contribution is -2.48. The minimum absolute atomic E-state index is 0.0238. The van der Waals surface area contributed by atoms with E-state index in [0.29, 0.717) is 29.1 Å². The average Bonchev–Trinajstić information content (AvgIpc) is 3.41. The maximum Gasteiger partial charge on any atom is 0.241 e. The van der Waals surface area contributed by atoms with Crippen molar-refractivity contribution < 1.29 is 29.0 Å². The molecular weight excluding hydrogens is 556 g/mol. The number of amides is 4. The Kier molecular flexibility index (Phi) is 6.50. The standard InChI is InChI=1S/C36H34N2O6/c1-4-20-10-12-22(13-11-20)37-32(40)25-16-15-24-26(30(25)34(37)42)19-28-33(41)38(21-8-6-5-7-9-21)35(43)36(28,2)31(24)27-18-23(44-3)14-17-29(27)39/h5-15,17-18,25-26,28,30-31,39H,4,16,19H2,1-3H3/t25-,26+,28-,30-,31+,36+/m0/s1. The molecule has 2 aliphatic carbocycles. The van der Waals surface area contributed by atoms with E-state index < -0.39 is 35.0 Å². The highest BCUT2D eigenvalue weighted by molar-refractivity contribution is 6.25. The van der Waals surface area contributed by atoms with Crippen LogP contribution in [-0.4, -0.2) is 35.8 Å². The van der Waals surface area contributed by atoms with Gasteiger partial charge in [-0.05, 0) is 80.1 Å². The van der Waals surface area contributed by atoms with Gasteiger partial charge in [-0.15, -0.1) is 0 Å². The SMILES string of the molecule is CCc1ccc(N2C(=O)[C@H]3[C@H](CC=C4[C@H]3C[C@H]3C(=O)N(c5ccccc5)C(=O)[C@@]3(C)[C@H]4c3cc(OC)ccc3O)C2=O)cc1. The van der Waals surface area contributed by atoms with E-state index >= 15 is 0 Å². The Balaban J connectivity index is 1.37. The van der Waals surface area contributed by atoms with Crippen LogP contribution in [0.15, 0.2) is 84.4 Å². The number of methoxy groups -OCH3 is 1. The number of aromatic hydroxyl groups is 1. The first-order valence-corrected chi connectivity index (χ1v) is 15.2. The highest BCUT2D eigenvalue weighted by atomic mass is 16.5. The van der Waals surface area contributed by atoms with Crippen molar-refractivity contribution in [1.29, 1.82) is 0 Å². The largest absolute Gasteiger partial charge is 0.508 e. The summed E-state index contributed by atoms with van der Waals surface area (Å²) in [5.41, 5.74) is 2.16. The number of phenols is 1. The molecule has 0 radical (unpaired) electrons. The predicted octanol–water partition coefficient (Wildman–Crippen LogP) is 5.40. The fourth-order valence-electron chi connectivity index (χ4n) is 8.21. The van der Waals surface area contributed by atoms with Crippen molar-refractivity contribution in [2.45, 2.75) is 39.0 Å². The van der Waals surface area contributed by atoms with Crippen LogP contribution >= 0.6 is 0 Å². The molecule has 4 aliphatic rings. The first-order valence-electron chi connectivity index (χ1n) is 15.2. The molecule has 0 bridgehead atoms. The molecule has 1 saturated carbocycles. The number of hydrogen-bond acceptors (Lipinski definition) is 6. The lowest BCUT2D eigenvalue weighted by molar-refractivity contribution is -0.131. The number of phenolic OH excluding ortho intramolecular Hbond substituents is 1. The molecule has 4 amide bonds. The van der Waals surface area contributed by atoms with Crippen LogP contribution in [0.4, 0.5) is 11.4 Å². The summed E-state index contributed by atoms with van der Waals surface area (Å²) in [7, 11) is 1.53. The van der Waals surface area contributed by atoms with Crippen molar-refractivity contribution in [3.63, 3.8) is 0 Å². The smallest absolute Gasteiger partial charge is 0.241 e. The summed E-state index contributed by atoms with van der Waals surface area (Å²) in [5.74, 6) is -3.93. The Hall–Kier alpha value is -4.72. The van der Waals surface area contributed by atoms with Crippen molar-refractivity contribution in [3.8, 4) is 11.5 Å². The van der Waals surface area contributed by atoms with E-state index in [1.54, 1.807) is 43.3 Å². The van der Waals surface area contributed by atoms with E-state index in [4.69, 9.17) is 4.74 Å². The zero-order valence-corrected chi connectivity index (χ0v) is 24.9. The molecule has 2 heterocycles. The van der Waals surface area contributed by atoms with Gasteiger partial charge in [0.15, 0.2) is 0 Å². The Labute approximate surface area is 255 Å². The molecular formula is C36H34N2O6. The van der Waals surface area contributed by atoms with Crippen LogP contribution in [0.25, 0.3) is 0 Å². The fraction of sp³-hybridized carbons (Fsp3) is 0.333. The van der Waals surface area contributed by atoms with Gasteiger partial charge in [-0.3, -0.25) is 24.1 Å². The van der Waals surface area contributed by atoms with E-state index in [1.165, 1.54) is 23.0 Å². The zero-order valence-electron chi connectivity index (χ0n) is 24.9. The van der Waals surface area contributed by atoms with Gasteiger partial charge in [-0.1, -0.05) is 48.9 Å². The summed E-state index contributed by atoms with van der Waals surface area (Å²) >= 11 is 0. The van der Waals surface area contributed by atoms with Gasteiger partial charge in [0.25, 0.3) is 0 Å². The molecule has 2 saturated heterocycles. The number of benzene rings is 3. The van der Waals surface area contributed by atoms with Gasteiger partial charge in [-0.25, -0.2) is 4.90 Å². The van der Waals surface area contributed by atoms with Gasteiger partial charge >= 0.3 is 0 Å². The second kappa shape index (κ2) is 10.2. The molecule has 2 aliphatic heterocycles. The first kappa shape index (κ1) is 28.1. The van der Waals surface area contributed by atoms with Crippen LogP contribution in [-0.2, 0) is 25.6 Å². The number of ether oxygens (including phenoxy) is 1. The lowest BCUT2D eigenvalue weighted by Gasteiger charge is -2.49. The molecule has 1 N–H and O–H groups in total. The molecule has 0 unspecified atom stereocenters. The van der Waals surface area contributed by atoms with Crippen molar-refractivity contribution in [2.24, 2.45) is 29.1 Å². The minimum Gasteiger partial charge on any atom is -0.508 e. The van der Waals surface area contributed by atoms with Crippen LogP contribution in [0.2, 0.25) is 0 Å². The van der Waals surface area contributed by atoms with Gasteiger partial charge in [0.05, 0.1) is 41.7 Å². The number of anilines is 2. The molecule has 6 atom stereocenters. The number of carbonyl (C=O) groups excluding carboxylic acids is 4. The van der Waals surface area contributed by atoms with E-state index in [0.717, 1.165) is 17.6 Å². The van der Waals surface area contributed by atoms with Crippen LogP contribution in [0, 0.1) is 29.1 Å². The number of nitrogens with zero attached hydrogens (tertiary/aromatic N) is 2. The number of rotatable bonds is 5. The summed E-state index contributed by atoms with van der Waals surface area (Å²) in [5, 5.41) is 11.2. The second-order valence-corrected chi connectivity index (χ2v) is 12.5. The number of imide groups is 2. The Morgan fingerprint density at radius 2 is 1.57 bits per heavy atom. The Bertz CT molecular complexity index is 1730. The predicted molar refractivity (Wildman–Crippen MR) is 164 cm³/mol. The third-order valence-electron chi connectivity index (χ3n) is 10.4. The van der Waals surface area contributed by atoms with Crippen LogP contribution in [0.5, 0.6) is 11.5 Å². The van der Waals surface area contributed by atoms with Gasteiger partial charge in [0, 0.05) is 11.5 Å². The van der Waals surface area contributed by atoms with Crippen molar-refractivity contribution in [3.05, 3.63) is 95.6 Å². The van der Waals surface area contributed by atoms with Crippen LogP contribution < -0.4 is 14.5 Å².